The average Bonchev–Trinajstić information content (AvgIpc) is 2.57. The predicted molar refractivity (Wildman–Crippen MR) is 75.0 cm³/mol. The van der Waals surface area contributed by atoms with E-state index in [1.165, 1.54) is 45.1 Å². The fraction of sp³-hybridized carbons (Fsp3) is 0.867. The Hall–Kier alpha value is -0.520. The molecule has 0 radical (unpaired) electrons. The van der Waals surface area contributed by atoms with Crippen molar-refractivity contribution in [2.45, 2.75) is 70.4 Å². The summed E-state index contributed by atoms with van der Waals surface area (Å²) in [6.07, 6.45) is 15.3. The van der Waals surface area contributed by atoms with Crippen LogP contribution in [0.5, 0.6) is 0 Å². The molecule has 0 aromatic carbocycles. The third-order valence-corrected chi connectivity index (χ3v) is 3.54. The van der Waals surface area contributed by atoms with E-state index in [2.05, 4.69) is 23.5 Å². The van der Waals surface area contributed by atoms with Gasteiger partial charge in [0.1, 0.15) is 0 Å². The molecule has 17 heavy (non-hydrogen) atoms. The molecule has 0 aliphatic carbocycles. The van der Waals surface area contributed by atoms with Gasteiger partial charge in [0.15, 0.2) is 0 Å². The van der Waals surface area contributed by atoms with Crippen molar-refractivity contribution < 1.29 is 0 Å². The highest BCUT2D eigenvalue weighted by molar-refractivity contribution is 4.83. The van der Waals surface area contributed by atoms with Crippen LogP contribution in [-0.2, 0) is 0 Å². The van der Waals surface area contributed by atoms with Crippen LogP contribution in [0.4, 0.5) is 0 Å². The second-order valence-corrected chi connectivity index (χ2v) is 5.25. The third kappa shape index (κ3) is 7.41. The molecule has 2 heteroatoms. The SMILES string of the molecule is C#CCCCCNC(C)CC1CCCCCN1. The Labute approximate surface area is 107 Å². The van der Waals surface area contributed by atoms with Gasteiger partial charge in [-0.05, 0) is 52.1 Å². The second-order valence-electron chi connectivity index (χ2n) is 5.25. The molecule has 0 bridgehead atoms. The number of hydrogen-bond acceptors (Lipinski definition) is 2. The molecule has 2 unspecified atom stereocenters. The summed E-state index contributed by atoms with van der Waals surface area (Å²) in [5, 5.41) is 7.26. The number of unbranched alkanes of at least 4 members (excludes halogenated alkanes) is 2. The molecule has 2 atom stereocenters. The van der Waals surface area contributed by atoms with Gasteiger partial charge in [0.2, 0.25) is 0 Å². The van der Waals surface area contributed by atoms with Crippen molar-refractivity contribution in [1.29, 1.82) is 0 Å². The summed E-state index contributed by atoms with van der Waals surface area (Å²) in [4.78, 5) is 0. The van der Waals surface area contributed by atoms with Crippen LogP contribution in [0.3, 0.4) is 0 Å². The van der Waals surface area contributed by atoms with Crippen molar-refractivity contribution in [3.05, 3.63) is 0 Å². The molecule has 0 saturated carbocycles. The first-order chi connectivity index (χ1) is 8.33. The maximum atomic E-state index is 5.23. The van der Waals surface area contributed by atoms with Crippen molar-refractivity contribution in [2.75, 3.05) is 13.1 Å². The van der Waals surface area contributed by atoms with Gasteiger partial charge in [-0.1, -0.05) is 12.8 Å². The maximum absolute atomic E-state index is 5.23. The van der Waals surface area contributed by atoms with Crippen LogP contribution in [0.2, 0.25) is 0 Å². The Balaban J connectivity index is 2.03. The molecule has 0 spiro atoms. The van der Waals surface area contributed by atoms with E-state index in [-0.39, 0.29) is 0 Å². The van der Waals surface area contributed by atoms with Crippen LogP contribution in [0.1, 0.15) is 58.3 Å². The largest absolute Gasteiger partial charge is 0.314 e. The highest BCUT2D eigenvalue weighted by Gasteiger charge is 2.14. The van der Waals surface area contributed by atoms with Crippen LogP contribution in [0.15, 0.2) is 0 Å². The van der Waals surface area contributed by atoms with Crippen molar-refractivity contribution in [3.63, 3.8) is 0 Å². The lowest BCUT2D eigenvalue weighted by Gasteiger charge is -2.21. The molecule has 1 heterocycles. The maximum Gasteiger partial charge on any atom is 0.00865 e. The summed E-state index contributed by atoms with van der Waals surface area (Å²) < 4.78 is 0. The first-order valence-electron chi connectivity index (χ1n) is 7.23. The summed E-state index contributed by atoms with van der Waals surface area (Å²) in [6.45, 7) is 4.61. The fourth-order valence-corrected chi connectivity index (χ4v) is 2.51. The van der Waals surface area contributed by atoms with E-state index in [1.54, 1.807) is 0 Å². The number of terminal acetylenes is 1. The van der Waals surface area contributed by atoms with Crippen molar-refractivity contribution in [3.8, 4) is 12.3 Å². The van der Waals surface area contributed by atoms with Crippen molar-refractivity contribution in [1.82, 2.24) is 10.6 Å². The predicted octanol–water partition coefficient (Wildman–Crippen LogP) is 2.69. The Bertz CT molecular complexity index is 211. The summed E-state index contributed by atoms with van der Waals surface area (Å²) in [6, 6.07) is 1.35. The number of rotatable bonds is 7. The number of hydrogen-bond donors (Lipinski definition) is 2. The minimum Gasteiger partial charge on any atom is -0.314 e. The topological polar surface area (TPSA) is 24.1 Å². The molecule has 0 aromatic heterocycles. The van der Waals surface area contributed by atoms with Crippen LogP contribution < -0.4 is 10.6 Å². The molecule has 1 aliphatic rings. The van der Waals surface area contributed by atoms with Gasteiger partial charge in [0.25, 0.3) is 0 Å². The molecule has 2 nitrogen and oxygen atoms in total. The van der Waals surface area contributed by atoms with Gasteiger partial charge in [0, 0.05) is 18.5 Å². The average molecular weight is 236 g/mol. The van der Waals surface area contributed by atoms with Crippen LogP contribution >= 0.6 is 0 Å². The van der Waals surface area contributed by atoms with E-state index in [1.807, 2.05) is 0 Å². The highest BCUT2D eigenvalue weighted by atomic mass is 14.9. The quantitative estimate of drug-likeness (QED) is 0.524. The van der Waals surface area contributed by atoms with Gasteiger partial charge in [0.05, 0.1) is 0 Å². The third-order valence-electron chi connectivity index (χ3n) is 3.54. The van der Waals surface area contributed by atoms with Crippen molar-refractivity contribution in [2.24, 2.45) is 0 Å². The number of nitrogens with one attached hydrogen (secondary N) is 2. The van der Waals surface area contributed by atoms with Crippen LogP contribution in [0, 0.1) is 12.3 Å². The molecule has 98 valence electrons. The Morgan fingerprint density at radius 2 is 2.24 bits per heavy atom. The van der Waals surface area contributed by atoms with E-state index in [0.29, 0.717) is 6.04 Å². The van der Waals surface area contributed by atoms with Crippen LogP contribution in [0.25, 0.3) is 0 Å². The Morgan fingerprint density at radius 1 is 1.35 bits per heavy atom. The summed E-state index contributed by atoms with van der Waals surface area (Å²) in [5.74, 6) is 2.69. The standard InChI is InChI=1S/C15H28N2/c1-3-4-5-8-11-16-14(2)13-15-10-7-6-9-12-17-15/h1,14-17H,4-13H2,2H3. The van der Waals surface area contributed by atoms with E-state index in [0.717, 1.165) is 25.4 Å². The lowest BCUT2D eigenvalue weighted by Crippen LogP contribution is -2.37. The molecule has 1 aliphatic heterocycles. The zero-order valence-electron chi connectivity index (χ0n) is 11.3. The zero-order valence-corrected chi connectivity index (χ0v) is 11.3. The second kappa shape index (κ2) is 9.50. The molecule has 0 aromatic rings. The summed E-state index contributed by atoms with van der Waals surface area (Å²) >= 11 is 0. The van der Waals surface area contributed by atoms with Gasteiger partial charge < -0.3 is 10.6 Å². The van der Waals surface area contributed by atoms with Gasteiger partial charge in [-0.2, -0.15) is 0 Å². The van der Waals surface area contributed by atoms with Gasteiger partial charge in [-0.3, -0.25) is 0 Å². The Morgan fingerprint density at radius 3 is 3.06 bits per heavy atom. The lowest BCUT2D eigenvalue weighted by molar-refractivity contribution is 0.401. The molecule has 1 fully saturated rings. The molecular formula is C15H28N2. The monoisotopic (exact) mass is 236 g/mol. The lowest BCUT2D eigenvalue weighted by atomic mass is 10.0. The first kappa shape index (κ1) is 14.5. The molecular weight excluding hydrogens is 208 g/mol. The van der Waals surface area contributed by atoms with E-state index >= 15 is 0 Å². The minimum atomic E-state index is 0.622. The molecule has 0 amide bonds. The molecule has 1 rings (SSSR count). The van der Waals surface area contributed by atoms with Gasteiger partial charge in [-0.25, -0.2) is 0 Å². The normalized spacial score (nSPS) is 22.7. The smallest absolute Gasteiger partial charge is 0.00865 e. The van der Waals surface area contributed by atoms with E-state index < -0.39 is 0 Å². The van der Waals surface area contributed by atoms with Gasteiger partial charge in [-0.15, -0.1) is 12.3 Å². The zero-order chi connectivity index (χ0) is 12.3. The fourth-order valence-electron chi connectivity index (χ4n) is 2.51. The highest BCUT2D eigenvalue weighted by Crippen LogP contribution is 2.12. The van der Waals surface area contributed by atoms with Crippen molar-refractivity contribution >= 4 is 0 Å². The molecule has 2 N–H and O–H groups in total. The van der Waals surface area contributed by atoms with E-state index in [4.69, 9.17) is 6.42 Å². The Kier molecular flexibility index (Phi) is 8.13. The van der Waals surface area contributed by atoms with E-state index in [9.17, 15) is 0 Å². The minimum absolute atomic E-state index is 0.622. The molecule has 1 saturated heterocycles. The van der Waals surface area contributed by atoms with Gasteiger partial charge >= 0.3 is 0 Å². The van der Waals surface area contributed by atoms with Crippen LogP contribution in [-0.4, -0.2) is 25.2 Å². The summed E-state index contributed by atoms with van der Waals surface area (Å²) in [7, 11) is 0. The first-order valence-corrected chi connectivity index (χ1v) is 7.23. The summed E-state index contributed by atoms with van der Waals surface area (Å²) in [5.41, 5.74) is 0.